The average molecular weight is 336 g/mol. The number of nitrogens with zero attached hydrogens (tertiary/aromatic N) is 2. The van der Waals surface area contributed by atoms with Crippen LogP contribution in [0.15, 0.2) is 48.8 Å². The summed E-state index contributed by atoms with van der Waals surface area (Å²) in [6, 6.07) is 12.1. The second-order valence-electron chi connectivity index (χ2n) is 4.95. The maximum absolute atomic E-state index is 12.5. The van der Waals surface area contributed by atoms with Gasteiger partial charge in [-0.15, -0.1) is 0 Å². The molecule has 3 rings (SSSR count). The van der Waals surface area contributed by atoms with Crippen LogP contribution < -0.4 is 4.31 Å². The molecule has 0 aliphatic heterocycles. The molecule has 0 saturated carbocycles. The number of halogens is 1. The van der Waals surface area contributed by atoms with Crippen molar-refractivity contribution in [1.29, 1.82) is 0 Å². The lowest BCUT2D eigenvalue weighted by atomic mass is 10.2. The Morgan fingerprint density at radius 2 is 1.91 bits per heavy atom. The number of H-pyrrole nitrogens is 1. The van der Waals surface area contributed by atoms with Gasteiger partial charge in [0.1, 0.15) is 0 Å². The van der Waals surface area contributed by atoms with Crippen LogP contribution >= 0.6 is 11.6 Å². The fraction of sp³-hybridized carbons (Fsp3) is 0.133. The fourth-order valence-corrected chi connectivity index (χ4v) is 3.54. The second kappa shape index (κ2) is 5.62. The van der Waals surface area contributed by atoms with E-state index in [1.165, 1.54) is 4.31 Å². The van der Waals surface area contributed by atoms with E-state index in [-0.39, 0.29) is 5.75 Å². The van der Waals surface area contributed by atoms with Gasteiger partial charge in [0.2, 0.25) is 10.0 Å². The number of rotatable bonds is 4. The molecule has 2 aromatic carbocycles. The van der Waals surface area contributed by atoms with Gasteiger partial charge in [0, 0.05) is 12.1 Å². The van der Waals surface area contributed by atoms with E-state index >= 15 is 0 Å². The molecule has 0 atom stereocenters. The third-order valence-corrected chi connectivity index (χ3v) is 5.44. The van der Waals surface area contributed by atoms with Gasteiger partial charge in [-0.1, -0.05) is 23.7 Å². The Labute approximate surface area is 133 Å². The van der Waals surface area contributed by atoms with Crippen LogP contribution in [0.4, 0.5) is 5.69 Å². The standard InChI is InChI=1S/C15H14ClN3O2S/c1-19(13-6-7-14-15(8-13)18-10-17-14)22(20,21)9-11-2-4-12(16)5-3-11/h2-8,10H,9H2,1H3,(H,17,18). The van der Waals surface area contributed by atoms with Gasteiger partial charge in [-0.05, 0) is 35.9 Å². The number of benzene rings is 2. The molecule has 0 saturated heterocycles. The molecule has 0 amide bonds. The minimum Gasteiger partial charge on any atom is -0.345 e. The first-order valence-corrected chi connectivity index (χ1v) is 8.58. The van der Waals surface area contributed by atoms with Crippen LogP contribution in [0.2, 0.25) is 5.02 Å². The molecule has 5 nitrogen and oxygen atoms in total. The number of fused-ring (bicyclic) bond motifs is 1. The molecular weight excluding hydrogens is 322 g/mol. The smallest absolute Gasteiger partial charge is 0.239 e. The zero-order chi connectivity index (χ0) is 15.7. The van der Waals surface area contributed by atoms with Crippen LogP contribution in [0.25, 0.3) is 11.0 Å². The fourth-order valence-electron chi connectivity index (χ4n) is 2.17. The van der Waals surface area contributed by atoms with Gasteiger partial charge in [0.15, 0.2) is 0 Å². The number of sulfonamides is 1. The first-order chi connectivity index (χ1) is 10.5. The molecule has 114 valence electrons. The summed E-state index contributed by atoms with van der Waals surface area (Å²) in [5.41, 5.74) is 2.88. The third kappa shape index (κ3) is 2.93. The zero-order valence-electron chi connectivity index (χ0n) is 11.8. The highest BCUT2D eigenvalue weighted by Crippen LogP contribution is 2.23. The molecule has 1 heterocycles. The molecule has 1 aromatic heterocycles. The van der Waals surface area contributed by atoms with Crippen molar-refractivity contribution in [2.45, 2.75) is 5.75 Å². The number of nitrogens with one attached hydrogen (secondary N) is 1. The first-order valence-electron chi connectivity index (χ1n) is 6.60. The molecule has 0 spiro atoms. The lowest BCUT2D eigenvalue weighted by molar-refractivity contribution is 0.593. The van der Waals surface area contributed by atoms with E-state index in [4.69, 9.17) is 11.6 Å². The number of anilines is 1. The van der Waals surface area contributed by atoms with Crippen molar-refractivity contribution in [3.8, 4) is 0 Å². The lowest BCUT2D eigenvalue weighted by Crippen LogP contribution is -2.27. The molecule has 7 heteroatoms. The summed E-state index contributed by atoms with van der Waals surface area (Å²) in [4.78, 5) is 7.10. The van der Waals surface area contributed by atoms with Crippen LogP contribution in [0.1, 0.15) is 5.56 Å². The van der Waals surface area contributed by atoms with Crippen LogP contribution in [-0.4, -0.2) is 25.4 Å². The van der Waals surface area contributed by atoms with Crippen LogP contribution in [-0.2, 0) is 15.8 Å². The van der Waals surface area contributed by atoms with Gasteiger partial charge < -0.3 is 4.98 Å². The predicted octanol–water partition coefficient (Wildman–Crippen LogP) is 3.18. The van der Waals surface area contributed by atoms with Gasteiger partial charge in [-0.25, -0.2) is 13.4 Å². The third-order valence-electron chi connectivity index (χ3n) is 3.45. The topological polar surface area (TPSA) is 66.1 Å². The summed E-state index contributed by atoms with van der Waals surface area (Å²) in [6.45, 7) is 0. The summed E-state index contributed by atoms with van der Waals surface area (Å²) >= 11 is 5.82. The summed E-state index contributed by atoms with van der Waals surface area (Å²) in [6.07, 6.45) is 1.58. The highest BCUT2D eigenvalue weighted by Gasteiger charge is 2.19. The van der Waals surface area contributed by atoms with E-state index < -0.39 is 10.0 Å². The Hall–Kier alpha value is -2.05. The van der Waals surface area contributed by atoms with Gasteiger partial charge in [0.25, 0.3) is 0 Å². The van der Waals surface area contributed by atoms with E-state index in [1.807, 2.05) is 0 Å². The Balaban J connectivity index is 1.88. The van der Waals surface area contributed by atoms with Gasteiger partial charge >= 0.3 is 0 Å². The van der Waals surface area contributed by atoms with Crippen molar-refractivity contribution in [1.82, 2.24) is 9.97 Å². The van der Waals surface area contributed by atoms with Crippen molar-refractivity contribution >= 4 is 38.3 Å². The molecule has 0 fully saturated rings. The molecule has 3 aromatic rings. The average Bonchev–Trinajstić information content (AvgIpc) is 2.96. The van der Waals surface area contributed by atoms with E-state index in [1.54, 1.807) is 55.8 Å². The zero-order valence-corrected chi connectivity index (χ0v) is 13.4. The minimum atomic E-state index is -3.48. The van der Waals surface area contributed by atoms with Gasteiger partial charge in [-0.2, -0.15) is 0 Å². The molecule has 0 bridgehead atoms. The Morgan fingerprint density at radius 3 is 2.64 bits per heavy atom. The van der Waals surface area contributed by atoms with Crippen molar-refractivity contribution in [3.05, 3.63) is 59.4 Å². The van der Waals surface area contributed by atoms with Gasteiger partial charge in [0.05, 0.1) is 28.8 Å². The summed E-state index contributed by atoms with van der Waals surface area (Å²) < 4.78 is 26.3. The normalized spacial score (nSPS) is 11.7. The van der Waals surface area contributed by atoms with Crippen molar-refractivity contribution < 1.29 is 8.42 Å². The summed E-state index contributed by atoms with van der Waals surface area (Å²) in [7, 11) is -1.93. The Kier molecular flexibility index (Phi) is 3.80. The maximum atomic E-state index is 12.5. The van der Waals surface area contributed by atoms with E-state index in [0.717, 1.165) is 11.0 Å². The number of aromatic nitrogens is 2. The number of hydrogen-bond acceptors (Lipinski definition) is 3. The Bertz CT molecular complexity index is 904. The Morgan fingerprint density at radius 1 is 1.18 bits per heavy atom. The number of imidazole rings is 1. The first kappa shape index (κ1) is 14.9. The minimum absolute atomic E-state index is 0.0817. The van der Waals surface area contributed by atoms with Crippen molar-refractivity contribution in [2.75, 3.05) is 11.4 Å². The molecule has 0 radical (unpaired) electrons. The van der Waals surface area contributed by atoms with E-state index in [2.05, 4.69) is 9.97 Å². The van der Waals surface area contributed by atoms with Crippen LogP contribution in [0.5, 0.6) is 0 Å². The quantitative estimate of drug-likeness (QED) is 0.796. The highest BCUT2D eigenvalue weighted by molar-refractivity contribution is 7.92. The largest absolute Gasteiger partial charge is 0.345 e. The SMILES string of the molecule is CN(c1ccc2nc[nH]c2c1)S(=O)(=O)Cc1ccc(Cl)cc1. The van der Waals surface area contributed by atoms with Gasteiger partial charge in [-0.3, -0.25) is 4.31 Å². The molecule has 1 N–H and O–H groups in total. The monoisotopic (exact) mass is 335 g/mol. The van der Waals surface area contributed by atoms with Crippen LogP contribution in [0.3, 0.4) is 0 Å². The number of hydrogen-bond donors (Lipinski definition) is 1. The summed E-state index contributed by atoms with van der Waals surface area (Å²) in [5, 5.41) is 0.583. The van der Waals surface area contributed by atoms with Crippen molar-refractivity contribution in [2.24, 2.45) is 0 Å². The second-order valence-corrected chi connectivity index (χ2v) is 7.39. The molecule has 0 aliphatic rings. The van der Waals surface area contributed by atoms with E-state index in [9.17, 15) is 8.42 Å². The lowest BCUT2D eigenvalue weighted by Gasteiger charge is -2.19. The molecular formula is C15H14ClN3O2S. The van der Waals surface area contributed by atoms with E-state index in [0.29, 0.717) is 16.3 Å². The summed E-state index contributed by atoms with van der Waals surface area (Å²) in [5.74, 6) is -0.0817. The predicted molar refractivity (Wildman–Crippen MR) is 88.6 cm³/mol. The van der Waals surface area contributed by atoms with Crippen molar-refractivity contribution in [3.63, 3.8) is 0 Å². The number of aromatic amines is 1. The molecule has 22 heavy (non-hydrogen) atoms. The molecule has 0 aliphatic carbocycles. The maximum Gasteiger partial charge on any atom is 0.239 e. The van der Waals surface area contributed by atoms with Crippen LogP contribution in [0, 0.1) is 0 Å². The highest BCUT2D eigenvalue weighted by atomic mass is 35.5. The molecule has 0 unspecified atom stereocenters.